The van der Waals surface area contributed by atoms with E-state index in [1.807, 2.05) is 91.0 Å². The van der Waals surface area contributed by atoms with Gasteiger partial charge in [0.05, 0.1) is 15.9 Å². The van der Waals surface area contributed by atoms with E-state index in [4.69, 9.17) is 24.9 Å². The van der Waals surface area contributed by atoms with Crippen LogP contribution in [0.25, 0.3) is 99.4 Å². The summed E-state index contributed by atoms with van der Waals surface area (Å²) in [6, 6.07) is 60.7. The molecule has 7 aromatic carbocycles. The third-order valence-corrected chi connectivity index (χ3v) is 11.0. The molecule has 3 heterocycles. The highest BCUT2D eigenvalue weighted by Gasteiger charge is 2.19. The molecular weight excluding hydrogens is 707 g/mol. The maximum atomic E-state index is 11.6. The lowest BCUT2D eigenvalue weighted by Gasteiger charge is -2.12. The Hall–Kier alpha value is -7.35. The summed E-state index contributed by atoms with van der Waals surface area (Å²) >= 11 is 1.70. The van der Waals surface area contributed by atoms with Crippen molar-refractivity contribution in [3.63, 3.8) is 0 Å². The molecule has 3 aromatic heterocycles. The topological polar surface area (TPSA) is 84.7 Å². The molecule has 0 saturated carbocycles. The minimum atomic E-state index is 0.122. The molecule has 0 aliphatic carbocycles. The standard InChI is InChI=1S/C49H31N5OS/c55-41-30-38(49-53-47(33-15-6-2-7-16-33)52-48(54-49)34-17-8-3-9-18-34)27-28-39(41)36-19-12-20-37(29-36)43-45-44(40-21-10-11-22-42(40)56-45)51-46(50-43)35-25-23-32(24-26-35)31-13-4-1-5-14-31/h1-30,55H. The van der Waals surface area contributed by atoms with Crippen LogP contribution in [0.2, 0.25) is 0 Å². The second-order valence-corrected chi connectivity index (χ2v) is 14.5. The number of aromatic nitrogens is 5. The zero-order valence-corrected chi connectivity index (χ0v) is 30.7. The van der Waals surface area contributed by atoms with Gasteiger partial charge in [0, 0.05) is 43.5 Å². The number of phenols is 1. The van der Waals surface area contributed by atoms with Crippen LogP contribution in [-0.4, -0.2) is 30.0 Å². The number of hydrogen-bond acceptors (Lipinski definition) is 7. The van der Waals surface area contributed by atoms with Gasteiger partial charge in [-0.3, -0.25) is 0 Å². The van der Waals surface area contributed by atoms with Gasteiger partial charge in [0.2, 0.25) is 0 Å². The van der Waals surface area contributed by atoms with E-state index < -0.39 is 0 Å². The Bertz CT molecular complexity index is 2960. The molecule has 10 rings (SSSR count). The maximum Gasteiger partial charge on any atom is 0.164 e. The molecular formula is C49H31N5OS. The van der Waals surface area contributed by atoms with Crippen LogP contribution in [-0.2, 0) is 0 Å². The fraction of sp³-hybridized carbons (Fsp3) is 0. The van der Waals surface area contributed by atoms with Gasteiger partial charge < -0.3 is 5.11 Å². The molecule has 6 nitrogen and oxygen atoms in total. The molecule has 0 amide bonds. The van der Waals surface area contributed by atoms with E-state index in [1.54, 1.807) is 17.4 Å². The number of nitrogens with zero attached hydrogens (tertiary/aromatic N) is 5. The Labute approximate surface area is 327 Å². The van der Waals surface area contributed by atoms with E-state index in [0.717, 1.165) is 64.9 Å². The Morgan fingerprint density at radius 3 is 1.50 bits per heavy atom. The van der Waals surface area contributed by atoms with E-state index in [9.17, 15) is 5.11 Å². The predicted octanol–water partition coefficient (Wildman–Crippen LogP) is 12.4. The van der Waals surface area contributed by atoms with Gasteiger partial charge in [-0.15, -0.1) is 11.3 Å². The van der Waals surface area contributed by atoms with Crippen LogP contribution >= 0.6 is 11.3 Å². The van der Waals surface area contributed by atoms with E-state index in [1.165, 1.54) is 0 Å². The van der Waals surface area contributed by atoms with Crippen molar-refractivity contribution in [1.29, 1.82) is 0 Å². The molecule has 0 saturated heterocycles. The third-order valence-electron chi connectivity index (χ3n) is 9.87. The summed E-state index contributed by atoms with van der Waals surface area (Å²) in [6.45, 7) is 0. The van der Waals surface area contributed by atoms with E-state index in [0.29, 0.717) is 34.4 Å². The van der Waals surface area contributed by atoms with E-state index >= 15 is 0 Å². The molecule has 0 aliphatic heterocycles. The summed E-state index contributed by atoms with van der Waals surface area (Å²) < 4.78 is 2.18. The number of phenolic OH excluding ortho intramolecular Hbond substituents is 1. The smallest absolute Gasteiger partial charge is 0.164 e. The van der Waals surface area contributed by atoms with Crippen molar-refractivity contribution < 1.29 is 5.11 Å². The fourth-order valence-electron chi connectivity index (χ4n) is 7.04. The largest absolute Gasteiger partial charge is 0.507 e. The molecule has 7 heteroatoms. The van der Waals surface area contributed by atoms with Gasteiger partial charge in [-0.2, -0.15) is 0 Å². The first-order chi connectivity index (χ1) is 27.6. The first-order valence-electron chi connectivity index (χ1n) is 18.3. The fourth-order valence-corrected chi connectivity index (χ4v) is 8.20. The van der Waals surface area contributed by atoms with Crippen molar-refractivity contribution in [2.45, 2.75) is 0 Å². The maximum absolute atomic E-state index is 11.6. The van der Waals surface area contributed by atoms with Crippen molar-refractivity contribution in [2.24, 2.45) is 0 Å². The zero-order chi connectivity index (χ0) is 37.4. The molecule has 0 aliphatic rings. The van der Waals surface area contributed by atoms with Crippen molar-refractivity contribution >= 4 is 31.6 Å². The van der Waals surface area contributed by atoms with Gasteiger partial charge in [0.15, 0.2) is 23.3 Å². The van der Waals surface area contributed by atoms with Gasteiger partial charge in [0.25, 0.3) is 0 Å². The number of hydrogen-bond donors (Lipinski definition) is 1. The van der Waals surface area contributed by atoms with Crippen LogP contribution < -0.4 is 0 Å². The lowest BCUT2D eigenvalue weighted by molar-refractivity contribution is 0.477. The number of benzene rings is 7. The summed E-state index contributed by atoms with van der Waals surface area (Å²) in [4.78, 5) is 24.9. The summed E-state index contributed by atoms with van der Waals surface area (Å²) in [6.07, 6.45) is 0. The minimum absolute atomic E-state index is 0.122. The Morgan fingerprint density at radius 2 is 0.839 bits per heavy atom. The van der Waals surface area contributed by atoms with Gasteiger partial charge >= 0.3 is 0 Å². The summed E-state index contributed by atoms with van der Waals surface area (Å²) in [5.41, 5.74) is 9.96. The first-order valence-corrected chi connectivity index (χ1v) is 19.1. The predicted molar refractivity (Wildman–Crippen MR) is 228 cm³/mol. The summed E-state index contributed by atoms with van der Waals surface area (Å²) in [7, 11) is 0. The van der Waals surface area contributed by atoms with E-state index in [-0.39, 0.29) is 5.75 Å². The average Bonchev–Trinajstić information content (AvgIpc) is 3.65. The van der Waals surface area contributed by atoms with Crippen LogP contribution in [0.5, 0.6) is 5.75 Å². The van der Waals surface area contributed by atoms with Gasteiger partial charge in [-0.05, 0) is 41.0 Å². The molecule has 264 valence electrons. The Balaban J connectivity index is 1.05. The van der Waals surface area contributed by atoms with Crippen molar-refractivity contribution in [3.8, 4) is 84.8 Å². The highest BCUT2D eigenvalue weighted by atomic mass is 32.1. The minimum Gasteiger partial charge on any atom is -0.507 e. The van der Waals surface area contributed by atoms with Gasteiger partial charge in [0.1, 0.15) is 5.75 Å². The highest BCUT2D eigenvalue weighted by molar-refractivity contribution is 7.26. The van der Waals surface area contributed by atoms with Crippen LogP contribution in [0.1, 0.15) is 0 Å². The lowest BCUT2D eigenvalue weighted by atomic mass is 9.99. The van der Waals surface area contributed by atoms with Crippen molar-refractivity contribution in [1.82, 2.24) is 24.9 Å². The quantitative estimate of drug-likeness (QED) is 0.175. The third kappa shape index (κ3) is 6.26. The zero-order valence-electron chi connectivity index (χ0n) is 29.9. The molecule has 0 fully saturated rings. The molecule has 0 bridgehead atoms. The Morgan fingerprint density at radius 1 is 0.357 bits per heavy atom. The Kier molecular flexibility index (Phi) is 8.39. The van der Waals surface area contributed by atoms with Gasteiger partial charge in [-0.25, -0.2) is 24.9 Å². The monoisotopic (exact) mass is 737 g/mol. The number of fused-ring (bicyclic) bond motifs is 3. The second-order valence-electron chi connectivity index (χ2n) is 13.5. The normalized spacial score (nSPS) is 11.3. The highest BCUT2D eigenvalue weighted by Crippen LogP contribution is 2.41. The molecule has 56 heavy (non-hydrogen) atoms. The van der Waals surface area contributed by atoms with Crippen LogP contribution in [0, 0.1) is 0 Å². The molecule has 0 atom stereocenters. The number of thiophene rings is 1. The van der Waals surface area contributed by atoms with Crippen LogP contribution in [0.15, 0.2) is 182 Å². The molecule has 0 radical (unpaired) electrons. The van der Waals surface area contributed by atoms with Crippen LogP contribution in [0.4, 0.5) is 0 Å². The van der Waals surface area contributed by atoms with Crippen molar-refractivity contribution in [2.75, 3.05) is 0 Å². The molecule has 1 N–H and O–H groups in total. The molecule has 0 spiro atoms. The SMILES string of the molecule is Oc1cc(-c2nc(-c3ccccc3)nc(-c3ccccc3)n2)ccc1-c1cccc(-c2nc(-c3ccc(-c4ccccc4)cc3)nc3c2sc2ccccc23)c1. The molecule has 0 unspecified atom stereocenters. The summed E-state index contributed by atoms with van der Waals surface area (Å²) in [5, 5.41) is 12.7. The average molecular weight is 738 g/mol. The first kappa shape index (κ1) is 33.2. The van der Waals surface area contributed by atoms with Crippen molar-refractivity contribution in [3.05, 3.63) is 182 Å². The second kappa shape index (κ2) is 14.1. The lowest BCUT2D eigenvalue weighted by Crippen LogP contribution is -2.00. The number of aromatic hydroxyl groups is 1. The van der Waals surface area contributed by atoms with Gasteiger partial charge in [-0.1, -0.05) is 158 Å². The van der Waals surface area contributed by atoms with Crippen LogP contribution in [0.3, 0.4) is 0 Å². The van der Waals surface area contributed by atoms with E-state index in [2.05, 4.69) is 84.9 Å². The summed E-state index contributed by atoms with van der Waals surface area (Å²) in [5.74, 6) is 2.39. The number of rotatable bonds is 7. The molecule has 10 aromatic rings.